The van der Waals surface area contributed by atoms with Gasteiger partial charge in [0.1, 0.15) is 6.33 Å². The Balaban J connectivity index is 2.37. The molecule has 0 fully saturated rings. The van der Waals surface area contributed by atoms with E-state index < -0.39 is 0 Å². The van der Waals surface area contributed by atoms with Crippen LogP contribution in [-0.4, -0.2) is 20.4 Å². The Hall–Kier alpha value is -1.23. The van der Waals surface area contributed by atoms with Gasteiger partial charge in [0.25, 0.3) is 0 Å². The van der Waals surface area contributed by atoms with Crippen molar-refractivity contribution in [1.82, 2.24) is 14.6 Å². The number of rotatable bonds is 0. The maximum Gasteiger partial charge on any atom is 0.216 e. The van der Waals surface area contributed by atoms with Crippen LogP contribution in [0.2, 0.25) is 0 Å². The van der Waals surface area contributed by atoms with Crippen molar-refractivity contribution in [1.29, 1.82) is 0 Å². The third kappa shape index (κ3) is 0.875. The zero-order chi connectivity index (χ0) is 8.84. The molecule has 1 aliphatic rings. The standard InChI is InChI=1S/C8H7N3OS/c12-6-3-1-2-5-7(6)13-8-10-9-4-11(5)8/h4H,1-3H2. The molecule has 0 aliphatic heterocycles. The highest BCUT2D eigenvalue weighted by Gasteiger charge is 2.22. The lowest BCUT2D eigenvalue weighted by atomic mass is 10.0. The molecule has 13 heavy (non-hydrogen) atoms. The monoisotopic (exact) mass is 193 g/mol. The molecule has 0 spiro atoms. The van der Waals surface area contributed by atoms with E-state index in [1.54, 1.807) is 6.33 Å². The van der Waals surface area contributed by atoms with Crippen LogP contribution in [0.3, 0.4) is 0 Å². The number of carbonyl (C=O) groups excluding carboxylic acids is 1. The second-order valence-electron chi connectivity index (χ2n) is 3.14. The van der Waals surface area contributed by atoms with Gasteiger partial charge < -0.3 is 0 Å². The molecule has 5 heteroatoms. The highest BCUT2D eigenvalue weighted by Crippen LogP contribution is 2.28. The maximum atomic E-state index is 11.5. The number of Topliss-reactive ketones (excluding diaryl/α,β-unsaturated/α-hetero) is 1. The zero-order valence-corrected chi connectivity index (χ0v) is 7.67. The van der Waals surface area contributed by atoms with Gasteiger partial charge in [0.15, 0.2) is 5.78 Å². The molecule has 3 rings (SSSR count). The minimum atomic E-state index is 0.261. The van der Waals surface area contributed by atoms with Crippen LogP contribution in [0, 0.1) is 0 Å². The summed E-state index contributed by atoms with van der Waals surface area (Å²) < 4.78 is 1.93. The van der Waals surface area contributed by atoms with Crippen LogP contribution in [0.4, 0.5) is 0 Å². The number of carbonyl (C=O) groups is 1. The molecule has 0 amide bonds. The summed E-state index contributed by atoms with van der Waals surface area (Å²) in [6.07, 6.45) is 4.29. The first-order chi connectivity index (χ1) is 6.36. The van der Waals surface area contributed by atoms with Crippen molar-refractivity contribution >= 4 is 22.1 Å². The van der Waals surface area contributed by atoms with Crippen molar-refractivity contribution in [2.45, 2.75) is 19.3 Å². The Kier molecular flexibility index (Phi) is 1.32. The molecule has 0 saturated carbocycles. The number of hydrogen-bond donors (Lipinski definition) is 0. The molecule has 0 bridgehead atoms. The van der Waals surface area contributed by atoms with Crippen LogP contribution in [0.1, 0.15) is 28.2 Å². The number of nitrogens with zero attached hydrogens (tertiary/aromatic N) is 3. The maximum absolute atomic E-state index is 11.5. The molecule has 0 atom stereocenters. The number of aromatic nitrogens is 3. The normalized spacial score (nSPS) is 16.5. The van der Waals surface area contributed by atoms with Crippen LogP contribution in [-0.2, 0) is 6.42 Å². The molecule has 4 nitrogen and oxygen atoms in total. The molecule has 66 valence electrons. The van der Waals surface area contributed by atoms with E-state index in [0.29, 0.717) is 6.42 Å². The summed E-state index contributed by atoms with van der Waals surface area (Å²) in [5.41, 5.74) is 1.10. The van der Waals surface area contributed by atoms with Gasteiger partial charge in [-0.1, -0.05) is 11.3 Å². The Bertz CT molecular complexity index is 485. The number of aryl methyl sites for hydroxylation is 1. The van der Waals surface area contributed by atoms with E-state index in [0.717, 1.165) is 28.4 Å². The second kappa shape index (κ2) is 2.38. The highest BCUT2D eigenvalue weighted by atomic mass is 32.1. The predicted molar refractivity (Wildman–Crippen MR) is 48.1 cm³/mol. The summed E-state index contributed by atoms with van der Waals surface area (Å²) >= 11 is 1.45. The number of thiazole rings is 1. The van der Waals surface area contributed by atoms with E-state index in [1.807, 2.05) is 4.40 Å². The summed E-state index contributed by atoms with van der Waals surface area (Å²) in [7, 11) is 0. The average Bonchev–Trinajstić information content (AvgIpc) is 2.65. The average molecular weight is 193 g/mol. The topological polar surface area (TPSA) is 47.3 Å². The second-order valence-corrected chi connectivity index (χ2v) is 4.12. The van der Waals surface area contributed by atoms with Gasteiger partial charge in [0.2, 0.25) is 4.96 Å². The van der Waals surface area contributed by atoms with Gasteiger partial charge in [-0.05, 0) is 12.8 Å². The van der Waals surface area contributed by atoms with Gasteiger partial charge >= 0.3 is 0 Å². The first-order valence-corrected chi connectivity index (χ1v) is 5.02. The smallest absolute Gasteiger partial charge is 0.216 e. The molecular weight excluding hydrogens is 186 g/mol. The van der Waals surface area contributed by atoms with Crippen molar-refractivity contribution in [3.05, 3.63) is 16.9 Å². The van der Waals surface area contributed by atoms with Crippen LogP contribution in [0.15, 0.2) is 6.33 Å². The minimum Gasteiger partial charge on any atom is -0.293 e. The van der Waals surface area contributed by atoms with E-state index in [1.165, 1.54) is 11.3 Å². The van der Waals surface area contributed by atoms with Gasteiger partial charge in [0, 0.05) is 12.1 Å². The summed E-state index contributed by atoms with van der Waals surface area (Å²) in [6.45, 7) is 0. The van der Waals surface area contributed by atoms with Gasteiger partial charge in [-0.15, -0.1) is 10.2 Å². The van der Waals surface area contributed by atoms with Crippen LogP contribution < -0.4 is 0 Å². The van der Waals surface area contributed by atoms with Crippen LogP contribution in [0.5, 0.6) is 0 Å². The summed E-state index contributed by atoms with van der Waals surface area (Å²) in [5.74, 6) is 0.261. The van der Waals surface area contributed by atoms with Crippen molar-refractivity contribution in [3.63, 3.8) is 0 Å². The van der Waals surface area contributed by atoms with Crippen molar-refractivity contribution < 1.29 is 4.79 Å². The lowest BCUT2D eigenvalue weighted by Crippen LogP contribution is -2.09. The molecule has 0 aromatic carbocycles. The van der Waals surface area contributed by atoms with Gasteiger partial charge in [-0.2, -0.15) is 0 Å². The predicted octanol–water partition coefficient (Wildman–Crippen LogP) is 1.31. The van der Waals surface area contributed by atoms with Crippen molar-refractivity contribution in [3.8, 4) is 0 Å². The van der Waals surface area contributed by atoms with Gasteiger partial charge in [-0.25, -0.2) is 0 Å². The number of hydrogen-bond acceptors (Lipinski definition) is 4. The Labute approximate surface area is 78.2 Å². The van der Waals surface area contributed by atoms with Gasteiger partial charge in [-0.3, -0.25) is 9.20 Å². The molecule has 0 N–H and O–H groups in total. The number of ketones is 1. The SMILES string of the molecule is O=C1CCCc2c1sc1nncn21. The quantitative estimate of drug-likeness (QED) is 0.633. The summed E-state index contributed by atoms with van der Waals surface area (Å²) in [5, 5.41) is 7.74. The Morgan fingerprint density at radius 3 is 3.31 bits per heavy atom. The molecule has 0 unspecified atom stereocenters. The van der Waals surface area contributed by atoms with E-state index in [9.17, 15) is 4.79 Å². The van der Waals surface area contributed by atoms with E-state index in [2.05, 4.69) is 10.2 Å². The fourth-order valence-corrected chi connectivity index (χ4v) is 2.78. The summed E-state index contributed by atoms with van der Waals surface area (Å²) in [6, 6.07) is 0. The van der Waals surface area contributed by atoms with E-state index >= 15 is 0 Å². The molecule has 2 aromatic rings. The fraction of sp³-hybridized carbons (Fsp3) is 0.375. The molecule has 0 saturated heterocycles. The lowest BCUT2D eigenvalue weighted by molar-refractivity contribution is 0.0976. The molecule has 0 radical (unpaired) electrons. The third-order valence-electron chi connectivity index (χ3n) is 2.33. The van der Waals surface area contributed by atoms with Crippen molar-refractivity contribution in [2.75, 3.05) is 0 Å². The zero-order valence-electron chi connectivity index (χ0n) is 6.86. The third-order valence-corrected chi connectivity index (χ3v) is 3.46. The summed E-state index contributed by atoms with van der Waals surface area (Å²) in [4.78, 5) is 13.2. The molecular formula is C8H7N3OS. The Morgan fingerprint density at radius 2 is 2.38 bits per heavy atom. The largest absolute Gasteiger partial charge is 0.293 e. The minimum absolute atomic E-state index is 0.261. The van der Waals surface area contributed by atoms with Crippen LogP contribution in [0.25, 0.3) is 4.96 Å². The van der Waals surface area contributed by atoms with Gasteiger partial charge in [0.05, 0.1) is 4.88 Å². The fourth-order valence-electron chi connectivity index (χ4n) is 1.72. The molecule has 1 aliphatic carbocycles. The number of fused-ring (bicyclic) bond motifs is 3. The van der Waals surface area contributed by atoms with E-state index in [-0.39, 0.29) is 5.78 Å². The molecule has 2 aromatic heterocycles. The lowest BCUT2D eigenvalue weighted by Gasteiger charge is -2.08. The first-order valence-electron chi connectivity index (χ1n) is 4.21. The first kappa shape index (κ1) is 7.20. The Morgan fingerprint density at radius 1 is 1.46 bits per heavy atom. The van der Waals surface area contributed by atoms with Crippen molar-refractivity contribution in [2.24, 2.45) is 0 Å². The highest BCUT2D eigenvalue weighted by molar-refractivity contribution is 7.19. The van der Waals surface area contributed by atoms with E-state index in [4.69, 9.17) is 0 Å². The van der Waals surface area contributed by atoms with Crippen LogP contribution >= 0.6 is 11.3 Å². The molecule has 2 heterocycles.